The van der Waals surface area contributed by atoms with Crippen molar-refractivity contribution in [3.8, 4) is 0 Å². The van der Waals surface area contributed by atoms with Crippen molar-refractivity contribution in [2.24, 2.45) is 0 Å². The highest BCUT2D eigenvalue weighted by atomic mass is 32.1. The molecule has 0 bridgehead atoms. The predicted molar refractivity (Wildman–Crippen MR) is 40.7 cm³/mol. The minimum absolute atomic E-state index is 0.689. The summed E-state index contributed by atoms with van der Waals surface area (Å²) in [5.41, 5.74) is 2.73. The van der Waals surface area contributed by atoms with E-state index in [1.54, 1.807) is 18.4 Å². The first-order valence-corrected chi connectivity index (χ1v) is 3.81. The van der Waals surface area contributed by atoms with E-state index in [1.807, 2.05) is 13.1 Å². The monoisotopic (exact) mass is 158 g/mol. The Hall–Kier alpha value is -0.450. The average Bonchev–Trinajstić information content (AvgIpc) is 2.31. The van der Waals surface area contributed by atoms with Crippen LogP contribution in [-0.4, -0.2) is 12.1 Å². The van der Waals surface area contributed by atoms with Crippen molar-refractivity contribution in [1.82, 2.24) is 10.5 Å². The van der Waals surface area contributed by atoms with E-state index in [2.05, 4.69) is 15.3 Å². The molecule has 0 aliphatic heterocycles. The molecule has 0 aliphatic rings. The highest BCUT2D eigenvalue weighted by Gasteiger charge is 1.95. The summed E-state index contributed by atoms with van der Waals surface area (Å²) < 4.78 is 0. The number of aromatic nitrogens is 1. The summed E-state index contributed by atoms with van der Waals surface area (Å²) in [5.74, 6) is 0. The van der Waals surface area contributed by atoms with Gasteiger partial charge < -0.3 is 4.84 Å². The molecule has 4 heteroatoms. The lowest BCUT2D eigenvalue weighted by Crippen LogP contribution is -2.10. The second-order valence-electron chi connectivity index (χ2n) is 1.89. The SMILES string of the molecule is CONCc1ncc(C)s1. The van der Waals surface area contributed by atoms with Gasteiger partial charge >= 0.3 is 0 Å². The van der Waals surface area contributed by atoms with Gasteiger partial charge in [0.1, 0.15) is 5.01 Å². The van der Waals surface area contributed by atoms with Crippen LogP contribution in [0.25, 0.3) is 0 Å². The Bertz CT molecular complexity index is 199. The van der Waals surface area contributed by atoms with Crippen molar-refractivity contribution in [2.75, 3.05) is 7.11 Å². The van der Waals surface area contributed by atoms with E-state index in [-0.39, 0.29) is 0 Å². The van der Waals surface area contributed by atoms with Gasteiger partial charge in [0.05, 0.1) is 13.7 Å². The van der Waals surface area contributed by atoms with E-state index in [1.165, 1.54) is 4.88 Å². The van der Waals surface area contributed by atoms with E-state index in [9.17, 15) is 0 Å². The third kappa shape index (κ3) is 2.06. The highest BCUT2D eigenvalue weighted by Crippen LogP contribution is 2.09. The van der Waals surface area contributed by atoms with E-state index in [0.29, 0.717) is 6.54 Å². The van der Waals surface area contributed by atoms with Gasteiger partial charge in [-0.1, -0.05) is 0 Å². The molecular weight excluding hydrogens is 148 g/mol. The molecule has 0 fully saturated rings. The van der Waals surface area contributed by atoms with Gasteiger partial charge in [0, 0.05) is 11.1 Å². The zero-order valence-electron chi connectivity index (χ0n) is 6.05. The Morgan fingerprint density at radius 1 is 1.80 bits per heavy atom. The fourth-order valence-corrected chi connectivity index (χ4v) is 1.33. The van der Waals surface area contributed by atoms with Crippen molar-refractivity contribution in [2.45, 2.75) is 13.5 Å². The number of nitrogens with zero attached hydrogens (tertiary/aromatic N) is 1. The summed E-state index contributed by atoms with van der Waals surface area (Å²) in [6.07, 6.45) is 1.86. The van der Waals surface area contributed by atoms with Crippen LogP contribution in [0.15, 0.2) is 6.20 Å². The van der Waals surface area contributed by atoms with Crippen molar-refractivity contribution in [3.05, 3.63) is 16.1 Å². The molecule has 1 rings (SSSR count). The maximum Gasteiger partial charge on any atom is 0.109 e. The summed E-state index contributed by atoms with van der Waals surface area (Å²) in [4.78, 5) is 10.0. The van der Waals surface area contributed by atoms with Gasteiger partial charge in [-0.2, -0.15) is 5.48 Å². The Balaban J connectivity index is 2.42. The predicted octanol–water partition coefficient (Wildman–Crippen LogP) is 1.10. The smallest absolute Gasteiger partial charge is 0.109 e. The van der Waals surface area contributed by atoms with E-state index >= 15 is 0 Å². The normalized spacial score (nSPS) is 10.2. The molecule has 0 radical (unpaired) electrons. The number of thiazole rings is 1. The molecule has 1 heterocycles. The first kappa shape index (κ1) is 7.65. The number of hydroxylamine groups is 1. The Morgan fingerprint density at radius 3 is 3.10 bits per heavy atom. The van der Waals surface area contributed by atoms with Crippen LogP contribution in [-0.2, 0) is 11.4 Å². The van der Waals surface area contributed by atoms with Crippen LogP contribution in [0.3, 0.4) is 0 Å². The van der Waals surface area contributed by atoms with Crippen LogP contribution in [0.1, 0.15) is 9.88 Å². The first-order chi connectivity index (χ1) is 4.83. The van der Waals surface area contributed by atoms with Gasteiger partial charge in [0.2, 0.25) is 0 Å². The standard InChI is InChI=1S/C6H10N2OS/c1-5-3-7-6(10-5)4-8-9-2/h3,8H,4H2,1-2H3. The molecule has 0 unspecified atom stereocenters. The van der Waals surface area contributed by atoms with Crippen molar-refractivity contribution >= 4 is 11.3 Å². The molecule has 0 amide bonds. The largest absolute Gasteiger partial charge is 0.305 e. The highest BCUT2D eigenvalue weighted by molar-refractivity contribution is 7.11. The number of aryl methyl sites for hydroxylation is 1. The van der Waals surface area contributed by atoms with Gasteiger partial charge in [-0.05, 0) is 6.92 Å². The third-order valence-corrected chi connectivity index (χ3v) is 1.95. The maximum absolute atomic E-state index is 4.67. The molecule has 1 N–H and O–H groups in total. The first-order valence-electron chi connectivity index (χ1n) is 3.00. The van der Waals surface area contributed by atoms with Gasteiger partial charge in [-0.15, -0.1) is 11.3 Å². The summed E-state index contributed by atoms with van der Waals surface area (Å²) >= 11 is 1.67. The molecule has 0 saturated heterocycles. The quantitative estimate of drug-likeness (QED) is 0.669. The van der Waals surface area contributed by atoms with Crippen LogP contribution >= 0.6 is 11.3 Å². The summed E-state index contributed by atoms with van der Waals surface area (Å²) in [5, 5.41) is 1.05. The van der Waals surface area contributed by atoms with E-state index in [0.717, 1.165) is 5.01 Å². The molecule has 1 aromatic rings. The second-order valence-corrected chi connectivity index (χ2v) is 3.21. The molecule has 0 aliphatic carbocycles. The van der Waals surface area contributed by atoms with Crippen molar-refractivity contribution in [1.29, 1.82) is 0 Å². The third-order valence-electron chi connectivity index (χ3n) is 1.04. The molecule has 56 valence electrons. The molecule has 3 nitrogen and oxygen atoms in total. The van der Waals surface area contributed by atoms with Gasteiger partial charge in [0.15, 0.2) is 0 Å². The minimum atomic E-state index is 0.689. The van der Waals surface area contributed by atoms with E-state index < -0.39 is 0 Å². The Morgan fingerprint density at radius 2 is 2.60 bits per heavy atom. The molecular formula is C6H10N2OS. The fourth-order valence-electron chi connectivity index (χ4n) is 0.617. The van der Waals surface area contributed by atoms with Gasteiger partial charge in [-0.3, -0.25) is 0 Å². The molecule has 10 heavy (non-hydrogen) atoms. The average molecular weight is 158 g/mol. The Labute approximate surface area is 64.0 Å². The van der Waals surface area contributed by atoms with E-state index in [4.69, 9.17) is 0 Å². The topological polar surface area (TPSA) is 34.1 Å². The maximum atomic E-state index is 4.67. The summed E-state index contributed by atoms with van der Waals surface area (Å²) in [6, 6.07) is 0. The van der Waals surface area contributed by atoms with Crippen LogP contribution in [0, 0.1) is 6.92 Å². The number of rotatable bonds is 3. The number of hydrogen-bond donors (Lipinski definition) is 1. The van der Waals surface area contributed by atoms with Crippen molar-refractivity contribution in [3.63, 3.8) is 0 Å². The molecule has 0 saturated carbocycles. The zero-order valence-corrected chi connectivity index (χ0v) is 6.86. The number of nitrogens with one attached hydrogen (secondary N) is 1. The van der Waals surface area contributed by atoms with Gasteiger partial charge in [0.25, 0.3) is 0 Å². The molecule has 0 atom stereocenters. The lowest BCUT2D eigenvalue weighted by atomic mass is 10.6. The summed E-state index contributed by atoms with van der Waals surface area (Å²) in [6.45, 7) is 2.73. The molecule has 1 aromatic heterocycles. The van der Waals surface area contributed by atoms with Crippen LogP contribution in [0.2, 0.25) is 0 Å². The van der Waals surface area contributed by atoms with Crippen molar-refractivity contribution < 1.29 is 4.84 Å². The Kier molecular flexibility index (Phi) is 2.80. The lowest BCUT2D eigenvalue weighted by molar-refractivity contribution is 0.0866. The molecule has 0 spiro atoms. The lowest BCUT2D eigenvalue weighted by Gasteiger charge is -1.94. The van der Waals surface area contributed by atoms with Crippen LogP contribution < -0.4 is 5.48 Å². The molecule has 0 aromatic carbocycles. The minimum Gasteiger partial charge on any atom is -0.305 e. The number of hydrogen-bond acceptors (Lipinski definition) is 4. The van der Waals surface area contributed by atoms with Crippen LogP contribution in [0.5, 0.6) is 0 Å². The zero-order chi connectivity index (χ0) is 7.40. The fraction of sp³-hybridized carbons (Fsp3) is 0.500. The van der Waals surface area contributed by atoms with Crippen LogP contribution in [0.4, 0.5) is 0 Å². The second kappa shape index (κ2) is 3.65. The summed E-state index contributed by atoms with van der Waals surface area (Å²) in [7, 11) is 1.60. The van der Waals surface area contributed by atoms with Gasteiger partial charge in [-0.25, -0.2) is 4.98 Å².